The molecule has 1 fully saturated rings. The van der Waals surface area contributed by atoms with Crippen molar-refractivity contribution in [3.8, 4) is 11.5 Å². The van der Waals surface area contributed by atoms with E-state index in [9.17, 15) is 14.4 Å². The molecular weight excluding hydrogens is 632 g/mol. The lowest BCUT2D eigenvalue weighted by molar-refractivity contribution is -0.145. The van der Waals surface area contributed by atoms with Crippen LogP contribution in [0.4, 0.5) is 0 Å². The molecule has 5 rings (SSSR count). The van der Waals surface area contributed by atoms with E-state index in [4.69, 9.17) is 18.9 Å². The number of amides is 2. The van der Waals surface area contributed by atoms with E-state index in [1.165, 1.54) is 13.2 Å². The van der Waals surface area contributed by atoms with Crippen molar-refractivity contribution < 1.29 is 33.3 Å². The quantitative estimate of drug-likeness (QED) is 0.172. The van der Waals surface area contributed by atoms with Crippen LogP contribution in [-0.4, -0.2) is 56.8 Å². The molecule has 50 heavy (non-hydrogen) atoms. The van der Waals surface area contributed by atoms with Gasteiger partial charge in [-0.15, -0.1) is 0 Å². The van der Waals surface area contributed by atoms with E-state index in [0.717, 1.165) is 16.7 Å². The molecule has 3 aromatic carbocycles. The molecule has 1 aliphatic heterocycles. The molecule has 0 spiro atoms. The van der Waals surface area contributed by atoms with Crippen molar-refractivity contribution in [1.82, 2.24) is 10.6 Å². The Hall–Kier alpha value is -5.15. The van der Waals surface area contributed by atoms with E-state index in [2.05, 4.69) is 10.6 Å². The first-order chi connectivity index (χ1) is 24.1. The zero-order valence-electron chi connectivity index (χ0n) is 29.5. The van der Waals surface area contributed by atoms with Crippen molar-refractivity contribution in [3.05, 3.63) is 131 Å². The predicted molar refractivity (Wildman–Crippen MR) is 192 cm³/mol. The van der Waals surface area contributed by atoms with Gasteiger partial charge in [0, 0.05) is 24.5 Å². The molecule has 6 unspecified atom stereocenters. The summed E-state index contributed by atoms with van der Waals surface area (Å²) in [4.78, 5) is 40.8. The van der Waals surface area contributed by atoms with Crippen LogP contribution < -0.4 is 20.1 Å². The number of allylic oxidation sites excluding steroid dienone is 3. The predicted octanol–water partition coefficient (Wildman–Crippen LogP) is 5.86. The van der Waals surface area contributed by atoms with E-state index in [0.29, 0.717) is 29.1 Å². The molecule has 262 valence electrons. The second-order valence-electron chi connectivity index (χ2n) is 13.0. The number of carbonyl (C=O) groups is 3. The monoisotopic (exact) mass is 678 g/mol. The van der Waals surface area contributed by atoms with Gasteiger partial charge in [-0.1, -0.05) is 85.8 Å². The molecule has 9 heteroatoms. The van der Waals surface area contributed by atoms with Gasteiger partial charge in [-0.05, 0) is 66.3 Å². The normalized spacial score (nSPS) is 22.4. The highest BCUT2D eigenvalue weighted by Crippen LogP contribution is 2.55. The molecular formula is C41H46N2O7. The molecule has 1 aliphatic carbocycles. The molecule has 0 saturated carbocycles. The fourth-order valence-electron chi connectivity index (χ4n) is 6.82. The Balaban J connectivity index is 1.52. The Morgan fingerprint density at radius 3 is 2.14 bits per heavy atom. The number of hydrogen-bond donors (Lipinski definition) is 2. The summed E-state index contributed by atoms with van der Waals surface area (Å²) in [7, 11) is 4.42. The van der Waals surface area contributed by atoms with Gasteiger partial charge in [-0.3, -0.25) is 9.59 Å². The van der Waals surface area contributed by atoms with Crippen molar-refractivity contribution >= 4 is 17.8 Å². The first kappa shape index (κ1) is 36.1. The molecule has 0 aromatic heterocycles. The van der Waals surface area contributed by atoms with Crippen LogP contribution in [0, 0.1) is 11.8 Å². The van der Waals surface area contributed by atoms with E-state index < -0.39 is 35.5 Å². The van der Waals surface area contributed by atoms with Crippen LogP contribution in [0.3, 0.4) is 0 Å². The summed E-state index contributed by atoms with van der Waals surface area (Å²) >= 11 is 0. The van der Waals surface area contributed by atoms with Crippen LogP contribution in [0.2, 0.25) is 0 Å². The third-order valence-corrected chi connectivity index (χ3v) is 9.56. The minimum absolute atomic E-state index is 0.0953. The zero-order chi connectivity index (χ0) is 35.8. The van der Waals surface area contributed by atoms with Crippen LogP contribution in [0.5, 0.6) is 11.5 Å². The molecule has 3 aromatic rings. The molecule has 6 atom stereocenters. The average molecular weight is 679 g/mol. The van der Waals surface area contributed by atoms with Gasteiger partial charge in [-0.2, -0.15) is 0 Å². The number of esters is 1. The van der Waals surface area contributed by atoms with Crippen LogP contribution in [0.25, 0.3) is 0 Å². The van der Waals surface area contributed by atoms with Crippen LogP contribution in [0.15, 0.2) is 114 Å². The Kier molecular flexibility index (Phi) is 11.6. The van der Waals surface area contributed by atoms with Crippen molar-refractivity contribution in [2.45, 2.75) is 57.4 Å². The summed E-state index contributed by atoms with van der Waals surface area (Å²) in [5, 5.41) is 6.04. The Bertz CT molecular complexity index is 1770. The molecule has 0 bridgehead atoms. The third kappa shape index (κ3) is 8.00. The Labute approximate surface area is 294 Å². The highest BCUT2D eigenvalue weighted by Gasteiger charge is 2.55. The third-order valence-electron chi connectivity index (χ3n) is 9.56. The van der Waals surface area contributed by atoms with Gasteiger partial charge >= 0.3 is 5.97 Å². The average Bonchev–Trinajstić information content (AvgIpc) is 3.46. The van der Waals surface area contributed by atoms with Gasteiger partial charge in [0.25, 0.3) is 0 Å². The molecule has 2 aliphatic rings. The fraction of sp³-hybridized carbons (Fsp3) is 0.341. The summed E-state index contributed by atoms with van der Waals surface area (Å²) in [5.74, 6) is -1.16. The van der Waals surface area contributed by atoms with Crippen LogP contribution in [-0.2, 0) is 36.7 Å². The lowest BCUT2D eigenvalue weighted by Crippen LogP contribution is -2.47. The molecule has 9 nitrogen and oxygen atoms in total. The van der Waals surface area contributed by atoms with Crippen LogP contribution in [0.1, 0.15) is 43.6 Å². The van der Waals surface area contributed by atoms with Crippen molar-refractivity contribution in [3.63, 3.8) is 0 Å². The number of nitrogens with one attached hydrogen (secondary N) is 2. The molecule has 1 saturated heterocycles. The molecule has 2 N–H and O–H groups in total. The largest absolute Gasteiger partial charge is 0.493 e. The number of ether oxygens (including phenoxy) is 4. The van der Waals surface area contributed by atoms with Gasteiger partial charge in [-0.25, -0.2) is 4.79 Å². The van der Waals surface area contributed by atoms with Gasteiger partial charge in [0.15, 0.2) is 11.5 Å². The van der Waals surface area contributed by atoms with Gasteiger partial charge in [0.1, 0.15) is 6.04 Å². The fourth-order valence-corrected chi connectivity index (χ4v) is 6.82. The van der Waals surface area contributed by atoms with Crippen molar-refractivity contribution in [2.24, 2.45) is 11.8 Å². The number of rotatable bonds is 13. The SMILES string of the molecule is COC(=O)C(Cc1ccccc1)NC(=O)C1C2=C(C=CC(=O)NC(C)Cc3ccccc3)C=CC(C)C2(C)OC1c1ccc(OC)c(OC)c1. The minimum atomic E-state index is -0.944. The zero-order valence-corrected chi connectivity index (χ0v) is 29.5. The number of benzene rings is 3. The van der Waals surface area contributed by atoms with E-state index >= 15 is 0 Å². The second kappa shape index (κ2) is 16.0. The number of hydrogen-bond acceptors (Lipinski definition) is 7. The van der Waals surface area contributed by atoms with Crippen molar-refractivity contribution in [1.29, 1.82) is 0 Å². The first-order valence-electron chi connectivity index (χ1n) is 16.8. The highest BCUT2D eigenvalue weighted by molar-refractivity contribution is 5.90. The lowest BCUT2D eigenvalue weighted by Gasteiger charge is -2.35. The topological polar surface area (TPSA) is 112 Å². The molecule has 1 heterocycles. The summed E-state index contributed by atoms with van der Waals surface area (Å²) in [6.45, 7) is 5.97. The van der Waals surface area contributed by atoms with Gasteiger partial charge in [0.05, 0.1) is 39.0 Å². The van der Waals surface area contributed by atoms with E-state index in [1.54, 1.807) is 26.4 Å². The maximum Gasteiger partial charge on any atom is 0.328 e. The standard InChI is InChI=1S/C41H46N2O7/c1-26-17-18-30(20-22-35(44)42-27(2)23-28-13-9-7-10-14-28)37-36(39(45)43-32(40(46)49-6)24-29-15-11-8-12-16-29)38(50-41(26,37)3)31-19-21-33(47-4)34(25-31)48-5/h7-22,25-27,32,36,38H,23-24H2,1-6H3,(H,42,44)(H,43,45). The molecule has 0 radical (unpaired) electrons. The smallest absolute Gasteiger partial charge is 0.328 e. The second-order valence-corrected chi connectivity index (χ2v) is 13.0. The summed E-state index contributed by atoms with van der Waals surface area (Å²) in [5.41, 5.74) is 3.20. The van der Waals surface area contributed by atoms with Crippen LogP contribution >= 0.6 is 0 Å². The highest BCUT2D eigenvalue weighted by atomic mass is 16.5. The maximum absolute atomic E-state index is 14.6. The van der Waals surface area contributed by atoms with Gasteiger partial charge < -0.3 is 29.6 Å². The van der Waals surface area contributed by atoms with Gasteiger partial charge in [0.2, 0.25) is 11.8 Å². The van der Waals surface area contributed by atoms with E-state index in [-0.39, 0.29) is 24.3 Å². The lowest BCUT2D eigenvalue weighted by atomic mass is 9.72. The summed E-state index contributed by atoms with van der Waals surface area (Å²) < 4.78 is 23.1. The van der Waals surface area contributed by atoms with E-state index in [1.807, 2.05) is 106 Å². The Morgan fingerprint density at radius 1 is 0.880 bits per heavy atom. The number of carbonyl (C=O) groups excluding carboxylic acids is 3. The Morgan fingerprint density at radius 2 is 1.52 bits per heavy atom. The maximum atomic E-state index is 14.6. The van der Waals surface area contributed by atoms with Crippen molar-refractivity contribution in [2.75, 3.05) is 21.3 Å². The summed E-state index contributed by atoms with van der Waals surface area (Å²) in [6, 6.07) is 23.8. The number of methoxy groups -OCH3 is 3. The first-order valence-corrected chi connectivity index (χ1v) is 16.8. The minimum Gasteiger partial charge on any atom is -0.493 e. The number of fused-ring (bicyclic) bond motifs is 1. The summed E-state index contributed by atoms with van der Waals surface area (Å²) in [6.07, 6.45) is 7.37. The molecule has 2 amide bonds.